The molecule has 170 valence electrons. The van der Waals surface area contributed by atoms with Gasteiger partial charge >= 0.3 is 5.97 Å². The van der Waals surface area contributed by atoms with Crippen LogP contribution in [-0.2, 0) is 0 Å². The summed E-state index contributed by atoms with van der Waals surface area (Å²) in [6.07, 6.45) is 1.61. The van der Waals surface area contributed by atoms with Crippen molar-refractivity contribution in [2.24, 2.45) is 0 Å². The highest BCUT2D eigenvalue weighted by Crippen LogP contribution is 2.29. The monoisotopic (exact) mass is 460 g/mol. The number of rotatable bonds is 5. The quantitative estimate of drug-likeness (QED) is 0.373. The predicted molar refractivity (Wildman–Crippen MR) is 132 cm³/mol. The number of carboxylic acids is 1. The number of anilines is 2. The maximum Gasteiger partial charge on any atom is 0.335 e. The average Bonchev–Trinajstić information content (AvgIpc) is 2.86. The number of benzene rings is 3. The van der Waals surface area contributed by atoms with Gasteiger partial charge in [-0.1, -0.05) is 11.8 Å². The maximum atomic E-state index is 11.0. The number of nitrogens with zero attached hydrogens (tertiary/aromatic N) is 3. The molecule has 0 spiro atoms. The lowest BCUT2D eigenvalue weighted by Gasteiger charge is -2.12. The Morgan fingerprint density at radius 3 is 2.17 bits per heavy atom. The Bertz CT molecular complexity index is 1470. The second kappa shape index (κ2) is 10.2. The van der Waals surface area contributed by atoms with Gasteiger partial charge in [0.15, 0.2) is 0 Å². The van der Waals surface area contributed by atoms with E-state index in [1.54, 1.807) is 48.7 Å². The zero-order valence-corrected chi connectivity index (χ0v) is 19.0. The van der Waals surface area contributed by atoms with Crippen LogP contribution in [0.4, 0.5) is 11.6 Å². The van der Waals surface area contributed by atoms with E-state index in [1.165, 1.54) is 12.1 Å². The summed E-state index contributed by atoms with van der Waals surface area (Å²) in [6, 6.07) is 21.0. The molecule has 0 saturated carbocycles. The first-order chi connectivity index (χ1) is 16.9. The van der Waals surface area contributed by atoms with Gasteiger partial charge in [0.25, 0.3) is 0 Å². The van der Waals surface area contributed by atoms with Crippen molar-refractivity contribution in [1.82, 2.24) is 9.97 Å². The van der Waals surface area contributed by atoms with Gasteiger partial charge in [-0.3, -0.25) is 0 Å². The molecule has 0 aliphatic rings. The molecule has 0 aliphatic carbocycles. The van der Waals surface area contributed by atoms with Gasteiger partial charge in [-0.15, -0.1) is 0 Å². The number of hydrogen-bond acceptors (Lipinski definition) is 6. The molecule has 0 aliphatic heterocycles. The number of aryl methyl sites for hydroxylation is 2. The third kappa shape index (κ3) is 5.81. The summed E-state index contributed by atoms with van der Waals surface area (Å²) in [5.41, 5.74) is 4.91. The van der Waals surface area contributed by atoms with Crippen molar-refractivity contribution in [2.45, 2.75) is 13.8 Å². The fraction of sp³-hybridized carbons (Fsp3) is 0.0714. The van der Waals surface area contributed by atoms with Gasteiger partial charge in [-0.2, -0.15) is 10.2 Å². The molecule has 0 saturated heterocycles. The molecule has 0 radical (unpaired) electrons. The fourth-order valence-electron chi connectivity index (χ4n) is 3.34. The van der Waals surface area contributed by atoms with Crippen LogP contribution in [0.5, 0.6) is 11.6 Å². The van der Waals surface area contributed by atoms with Gasteiger partial charge in [-0.05, 0) is 85.6 Å². The number of ether oxygens (including phenoxy) is 1. The second-order valence-electron chi connectivity index (χ2n) is 7.71. The van der Waals surface area contributed by atoms with E-state index in [0.717, 1.165) is 27.9 Å². The Kier molecular flexibility index (Phi) is 6.71. The molecule has 0 fully saturated rings. The summed E-state index contributed by atoms with van der Waals surface area (Å²) < 4.78 is 6.07. The van der Waals surface area contributed by atoms with Crippen LogP contribution in [0, 0.1) is 37.0 Å². The van der Waals surface area contributed by atoms with E-state index in [2.05, 4.69) is 33.2 Å². The average molecular weight is 460 g/mol. The van der Waals surface area contributed by atoms with E-state index in [1.807, 2.05) is 26.0 Å². The summed E-state index contributed by atoms with van der Waals surface area (Å²) in [5, 5.41) is 21.0. The molecular weight excluding hydrogens is 440 g/mol. The second-order valence-corrected chi connectivity index (χ2v) is 7.71. The molecule has 0 unspecified atom stereocenters. The molecule has 1 heterocycles. The zero-order chi connectivity index (χ0) is 24.8. The smallest absolute Gasteiger partial charge is 0.335 e. The summed E-state index contributed by atoms with van der Waals surface area (Å²) in [4.78, 5) is 19.6. The van der Waals surface area contributed by atoms with Gasteiger partial charge in [0.05, 0.1) is 17.2 Å². The molecule has 4 rings (SSSR count). The van der Waals surface area contributed by atoms with Crippen LogP contribution in [0.1, 0.15) is 38.2 Å². The van der Waals surface area contributed by atoms with Crippen molar-refractivity contribution in [3.05, 3.63) is 106 Å². The number of aromatic carboxylic acids is 1. The standard InChI is InChI=1S/C28H20N4O3/c1-18-15-22(4-3-20-5-9-23(10-6-20)27(33)34)16-19(2)26(18)35-25-13-14-30-28(32-25)31-24-11-7-21(17-29)8-12-24/h5-16H,1-2H3,(H,33,34)(H,30,31,32). The first-order valence-corrected chi connectivity index (χ1v) is 10.7. The van der Waals surface area contributed by atoms with Gasteiger partial charge in [0, 0.05) is 29.1 Å². The Labute approximate surface area is 202 Å². The highest BCUT2D eigenvalue weighted by Gasteiger charge is 2.09. The summed E-state index contributed by atoms with van der Waals surface area (Å²) in [7, 11) is 0. The van der Waals surface area contributed by atoms with E-state index >= 15 is 0 Å². The zero-order valence-electron chi connectivity index (χ0n) is 19.0. The minimum Gasteiger partial charge on any atom is -0.478 e. The third-order valence-corrected chi connectivity index (χ3v) is 5.05. The molecule has 0 atom stereocenters. The number of aromatic nitrogens is 2. The van der Waals surface area contributed by atoms with E-state index < -0.39 is 5.97 Å². The van der Waals surface area contributed by atoms with Crippen molar-refractivity contribution in [3.63, 3.8) is 0 Å². The van der Waals surface area contributed by atoms with Gasteiger partial charge < -0.3 is 15.2 Å². The molecule has 35 heavy (non-hydrogen) atoms. The first-order valence-electron chi connectivity index (χ1n) is 10.7. The Hall–Kier alpha value is -5.14. The minimum absolute atomic E-state index is 0.226. The van der Waals surface area contributed by atoms with Crippen molar-refractivity contribution < 1.29 is 14.6 Å². The van der Waals surface area contributed by atoms with Crippen LogP contribution >= 0.6 is 0 Å². The van der Waals surface area contributed by atoms with Crippen LogP contribution in [0.25, 0.3) is 0 Å². The van der Waals surface area contributed by atoms with Gasteiger partial charge in [0.2, 0.25) is 11.8 Å². The van der Waals surface area contributed by atoms with Crippen molar-refractivity contribution >= 4 is 17.6 Å². The van der Waals surface area contributed by atoms with E-state index in [-0.39, 0.29) is 5.56 Å². The Morgan fingerprint density at radius 2 is 1.54 bits per heavy atom. The molecule has 7 nitrogen and oxygen atoms in total. The molecule has 2 N–H and O–H groups in total. The number of carboxylic acid groups (broad SMARTS) is 1. The molecule has 1 aromatic heterocycles. The lowest BCUT2D eigenvalue weighted by atomic mass is 10.1. The van der Waals surface area contributed by atoms with Crippen LogP contribution < -0.4 is 10.1 Å². The molecule has 4 aromatic rings. The summed E-state index contributed by atoms with van der Waals surface area (Å²) in [6.45, 7) is 3.87. The van der Waals surface area contributed by atoms with E-state index in [9.17, 15) is 4.79 Å². The SMILES string of the molecule is Cc1cc(C#Cc2ccc(C(=O)O)cc2)cc(C)c1Oc1ccnc(Nc2ccc(C#N)cc2)n1. The normalized spacial score (nSPS) is 9.97. The van der Waals surface area contributed by atoms with E-state index in [4.69, 9.17) is 15.1 Å². The first kappa shape index (κ1) is 23.0. The number of hydrogen-bond donors (Lipinski definition) is 2. The van der Waals surface area contributed by atoms with Crippen molar-refractivity contribution in [3.8, 4) is 29.5 Å². The summed E-state index contributed by atoms with van der Waals surface area (Å²) >= 11 is 0. The lowest BCUT2D eigenvalue weighted by Crippen LogP contribution is -1.99. The molecule has 0 amide bonds. The number of nitrogens with one attached hydrogen (secondary N) is 1. The number of carbonyl (C=O) groups is 1. The molecule has 0 bridgehead atoms. The van der Waals surface area contributed by atoms with Crippen LogP contribution in [0.15, 0.2) is 72.9 Å². The van der Waals surface area contributed by atoms with Crippen LogP contribution in [-0.4, -0.2) is 21.0 Å². The highest BCUT2D eigenvalue weighted by molar-refractivity contribution is 5.87. The van der Waals surface area contributed by atoms with Gasteiger partial charge in [0.1, 0.15) is 5.75 Å². The van der Waals surface area contributed by atoms with Crippen molar-refractivity contribution in [1.29, 1.82) is 5.26 Å². The topological polar surface area (TPSA) is 108 Å². The molecular formula is C28H20N4O3. The largest absolute Gasteiger partial charge is 0.478 e. The molecule has 3 aromatic carbocycles. The molecule has 7 heteroatoms. The predicted octanol–water partition coefficient (Wildman–Crippen LogP) is 5.60. The number of nitriles is 1. The Morgan fingerprint density at radius 1 is 0.914 bits per heavy atom. The van der Waals surface area contributed by atoms with E-state index in [0.29, 0.717) is 23.1 Å². The van der Waals surface area contributed by atoms with Crippen molar-refractivity contribution in [2.75, 3.05) is 5.32 Å². The minimum atomic E-state index is -0.966. The highest BCUT2D eigenvalue weighted by atomic mass is 16.5. The lowest BCUT2D eigenvalue weighted by molar-refractivity contribution is 0.0697. The maximum absolute atomic E-state index is 11.0. The summed E-state index contributed by atoms with van der Waals surface area (Å²) in [5.74, 6) is 6.66. The fourth-order valence-corrected chi connectivity index (χ4v) is 3.34. The van der Waals surface area contributed by atoms with Crippen LogP contribution in [0.2, 0.25) is 0 Å². The van der Waals surface area contributed by atoms with Gasteiger partial charge in [-0.25, -0.2) is 9.78 Å². The Balaban J connectivity index is 1.50. The third-order valence-electron chi connectivity index (χ3n) is 5.05. The van der Waals surface area contributed by atoms with Crippen LogP contribution in [0.3, 0.4) is 0 Å².